The first-order chi connectivity index (χ1) is 18.9. The number of phenols is 1. The van der Waals surface area contributed by atoms with E-state index in [0.29, 0.717) is 29.4 Å². The van der Waals surface area contributed by atoms with Gasteiger partial charge in [0.25, 0.3) is 0 Å². The van der Waals surface area contributed by atoms with Crippen molar-refractivity contribution in [2.24, 2.45) is 0 Å². The maximum Gasteiger partial charge on any atom is 0.178 e. The second-order valence-electron chi connectivity index (χ2n) is 10.0. The number of nitrogens with zero attached hydrogens (tertiary/aromatic N) is 1. The highest BCUT2D eigenvalue weighted by atomic mass is 32.2. The Morgan fingerprint density at radius 1 is 0.846 bits per heavy atom. The molecule has 6 nitrogen and oxygen atoms in total. The van der Waals surface area contributed by atoms with Gasteiger partial charge >= 0.3 is 0 Å². The van der Waals surface area contributed by atoms with Gasteiger partial charge in [-0.1, -0.05) is 31.5 Å². The Kier molecular flexibility index (Phi) is 8.38. The molecule has 0 amide bonds. The van der Waals surface area contributed by atoms with Gasteiger partial charge in [0.1, 0.15) is 29.6 Å². The van der Waals surface area contributed by atoms with Gasteiger partial charge in [-0.2, -0.15) is 0 Å². The van der Waals surface area contributed by atoms with E-state index in [-0.39, 0.29) is 11.5 Å². The van der Waals surface area contributed by atoms with Crippen molar-refractivity contribution in [1.29, 1.82) is 0 Å². The first kappa shape index (κ1) is 27.0. The molecule has 1 heterocycles. The van der Waals surface area contributed by atoms with E-state index < -0.39 is 9.84 Å². The van der Waals surface area contributed by atoms with Crippen LogP contribution in [0.3, 0.4) is 0 Å². The van der Waals surface area contributed by atoms with Crippen molar-refractivity contribution in [1.82, 2.24) is 4.90 Å². The fraction of sp³-hybridized carbons (Fsp3) is 0.312. The molecule has 4 aromatic carbocycles. The van der Waals surface area contributed by atoms with E-state index in [1.807, 2.05) is 61.5 Å². The third-order valence-corrected chi connectivity index (χ3v) is 9.06. The van der Waals surface area contributed by atoms with Gasteiger partial charge < -0.3 is 14.6 Å². The third-order valence-electron chi connectivity index (χ3n) is 7.12. The lowest BCUT2D eigenvalue weighted by molar-refractivity contribution is 0.183. The van der Waals surface area contributed by atoms with E-state index in [1.165, 1.54) is 19.3 Å². The highest BCUT2D eigenvalue weighted by molar-refractivity contribution is 7.91. The molecular weight excluding hydrogens is 510 g/mol. The van der Waals surface area contributed by atoms with Crippen LogP contribution in [0.15, 0.2) is 83.8 Å². The molecule has 5 rings (SSSR count). The summed E-state index contributed by atoms with van der Waals surface area (Å²) in [5.41, 5.74) is 1.67. The number of rotatable bonds is 10. The number of hydrogen-bond donors (Lipinski definition) is 1. The summed E-state index contributed by atoms with van der Waals surface area (Å²) in [6, 6.07) is 23.6. The first-order valence-electron chi connectivity index (χ1n) is 13.6. The quantitative estimate of drug-likeness (QED) is 0.230. The molecule has 39 heavy (non-hydrogen) atoms. The van der Waals surface area contributed by atoms with Gasteiger partial charge in [-0.05, 0) is 104 Å². The van der Waals surface area contributed by atoms with Crippen LogP contribution in [0.5, 0.6) is 23.0 Å². The van der Waals surface area contributed by atoms with Crippen LogP contribution < -0.4 is 9.47 Å². The summed E-state index contributed by atoms with van der Waals surface area (Å²) < 4.78 is 37.4. The molecule has 1 saturated heterocycles. The lowest BCUT2D eigenvalue weighted by atomic mass is 9.99. The zero-order valence-corrected chi connectivity index (χ0v) is 23.1. The van der Waals surface area contributed by atoms with Crippen LogP contribution in [-0.2, 0) is 9.84 Å². The second kappa shape index (κ2) is 12.1. The van der Waals surface area contributed by atoms with E-state index in [0.717, 1.165) is 47.3 Å². The van der Waals surface area contributed by atoms with E-state index in [1.54, 1.807) is 24.3 Å². The van der Waals surface area contributed by atoms with Crippen LogP contribution in [0.25, 0.3) is 21.9 Å². The zero-order valence-electron chi connectivity index (χ0n) is 22.3. The van der Waals surface area contributed by atoms with Crippen molar-refractivity contribution in [3.05, 3.63) is 78.9 Å². The van der Waals surface area contributed by atoms with Gasteiger partial charge in [-0.3, -0.25) is 4.90 Å². The molecule has 0 atom stereocenters. The van der Waals surface area contributed by atoms with Crippen molar-refractivity contribution in [2.75, 3.05) is 32.0 Å². The summed E-state index contributed by atoms with van der Waals surface area (Å²) >= 11 is 0. The van der Waals surface area contributed by atoms with Crippen molar-refractivity contribution in [2.45, 2.75) is 37.5 Å². The monoisotopic (exact) mass is 545 g/mol. The summed E-state index contributed by atoms with van der Waals surface area (Å²) in [6.45, 7) is 5.75. The van der Waals surface area contributed by atoms with Crippen LogP contribution in [0.1, 0.15) is 32.6 Å². The second-order valence-corrected chi connectivity index (χ2v) is 12.1. The average Bonchev–Trinajstić information content (AvgIpc) is 2.95. The Labute approximate surface area is 230 Å². The summed E-state index contributed by atoms with van der Waals surface area (Å²) in [5.74, 6) is 2.39. The van der Waals surface area contributed by atoms with E-state index in [2.05, 4.69) is 4.90 Å². The Morgan fingerprint density at radius 3 is 2.28 bits per heavy atom. The normalized spacial score (nSPS) is 14.4. The summed E-state index contributed by atoms with van der Waals surface area (Å²) in [7, 11) is -3.30. The number of benzene rings is 4. The molecule has 4 aromatic rings. The number of hydrogen-bond acceptors (Lipinski definition) is 6. The molecule has 1 N–H and O–H groups in total. The predicted octanol–water partition coefficient (Wildman–Crippen LogP) is 7.05. The maximum atomic E-state index is 12.5. The van der Waals surface area contributed by atoms with Crippen molar-refractivity contribution in [3.8, 4) is 34.1 Å². The molecule has 204 valence electrons. The molecule has 1 fully saturated rings. The van der Waals surface area contributed by atoms with E-state index >= 15 is 0 Å². The molecule has 0 bridgehead atoms. The van der Waals surface area contributed by atoms with Gasteiger partial charge in [0, 0.05) is 17.5 Å². The van der Waals surface area contributed by atoms with Crippen molar-refractivity contribution < 1.29 is 23.0 Å². The lowest BCUT2D eigenvalue weighted by Crippen LogP contribution is -2.33. The number of phenolic OH excluding ortho intramolecular Hbond substituents is 1. The van der Waals surface area contributed by atoms with E-state index in [4.69, 9.17) is 9.47 Å². The minimum absolute atomic E-state index is 0.123. The molecule has 0 saturated carbocycles. The summed E-state index contributed by atoms with van der Waals surface area (Å²) in [6.07, 6.45) is 4.43. The lowest BCUT2D eigenvalue weighted by Gasteiger charge is -2.26. The molecule has 0 radical (unpaired) electrons. The smallest absolute Gasteiger partial charge is 0.178 e. The van der Waals surface area contributed by atoms with Gasteiger partial charge in [0.05, 0.1) is 10.6 Å². The van der Waals surface area contributed by atoms with Crippen LogP contribution in [-0.4, -0.2) is 50.4 Å². The molecule has 1 aliphatic heterocycles. The van der Waals surface area contributed by atoms with Gasteiger partial charge in [-0.25, -0.2) is 8.42 Å². The number of piperidine rings is 1. The van der Waals surface area contributed by atoms with Crippen molar-refractivity contribution in [3.63, 3.8) is 0 Å². The van der Waals surface area contributed by atoms with Crippen LogP contribution in [0, 0.1) is 0 Å². The van der Waals surface area contributed by atoms with Gasteiger partial charge in [0.15, 0.2) is 9.84 Å². The molecule has 0 aliphatic carbocycles. The van der Waals surface area contributed by atoms with E-state index in [9.17, 15) is 13.5 Å². The van der Waals surface area contributed by atoms with Crippen molar-refractivity contribution >= 4 is 20.6 Å². The Balaban J connectivity index is 1.39. The summed E-state index contributed by atoms with van der Waals surface area (Å²) in [4.78, 5) is 2.77. The standard InChI is InChI=1S/C32H35NO5S/c1-2-22-39(35,36)29-14-6-24(7-15-29)30-16-8-25-23-26(34)9-17-31(25)32(30)38-28-12-10-27(11-13-28)37-21-20-33-18-4-3-5-19-33/h6-17,23,34H,2-5,18-22H2,1H3. The highest BCUT2D eigenvalue weighted by Gasteiger charge is 2.16. The minimum atomic E-state index is -3.30. The Hall–Kier alpha value is -3.55. The third kappa shape index (κ3) is 6.54. The van der Waals surface area contributed by atoms with Gasteiger partial charge in [0.2, 0.25) is 0 Å². The number of ether oxygens (including phenoxy) is 2. The van der Waals surface area contributed by atoms with Crippen LogP contribution >= 0.6 is 0 Å². The summed E-state index contributed by atoms with van der Waals surface area (Å²) in [5, 5.41) is 11.7. The first-order valence-corrected chi connectivity index (χ1v) is 15.3. The fourth-order valence-electron chi connectivity index (χ4n) is 5.05. The van der Waals surface area contributed by atoms with Crippen LogP contribution in [0.4, 0.5) is 0 Å². The Bertz CT molecular complexity index is 1510. The molecule has 7 heteroatoms. The Morgan fingerprint density at radius 2 is 1.56 bits per heavy atom. The maximum absolute atomic E-state index is 12.5. The van der Waals surface area contributed by atoms with Gasteiger partial charge in [-0.15, -0.1) is 0 Å². The average molecular weight is 546 g/mol. The number of fused-ring (bicyclic) bond motifs is 1. The fourth-order valence-corrected chi connectivity index (χ4v) is 6.38. The number of aromatic hydroxyl groups is 1. The van der Waals surface area contributed by atoms with Crippen LogP contribution in [0.2, 0.25) is 0 Å². The largest absolute Gasteiger partial charge is 0.508 e. The SMILES string of the molecule is CCCS(=O)(=O)c1ccc(-c2ccc3cc(O)ccc3c2Oc2ccc(OCCN3CCCCC3)cc2)cc1. The topological polar surface area (TPSA) is 76.1 Å². The number of likely N-dealkylation sites (tertiary alicyclic amines) is 1. The molecule has 0 aromatic heterocycles. The predicted molar refractivity (Wildman–Crippen MR) is 156 cm³/mol. The minimum Gasteiger partial charge on any atom is -0.508 e. The molecular formula is C32H35NO5S. The molecule has 0 spiro atoms. The molecule has 0 unspecified atom stereocenters. The zero-order chi connectivity index (χ0) is 27.2. The molecule has 1 aliphatic rings. The highest BCUT2D eigenvalue weighted by Crippen LogP contribution is 2.41. The number of sulfone groups is 1.